The fourth-order valence-corrected chi connectivity index (χ4v) is 8.71. The molecule has 0 N–H and O–H groups in total. The minimum Gasteiger partial charge on any atom is -0.125 e. The zero-order valence-electron chi connectivity index (χ0n) is 9.50. The van der Waals surface area contributed by atoms with E-state index in [0.717, 1.165) is 5.92 Å². The van der Waals surface area contributed by atoms with Crippen molar-refractivity contribution in [2.24, 2.45) is 5.92 Å². The van der Waals surface area contributed by atoms with Crippen LogP contribution in [0.5, 0.6) is 0 Å². The lowest BCUT2D eigenvalue weighted by Gasteiger charge is -2.25. The molecule has 2 heterocycles. The van der Waals surface area contributed by atoms with Crippen LogP contribution in [-0.2, 0) is 0 Å². The summed E-state index contributed by atoms with van der Waals surface area (Å²) in [5.41, 5.74) is 0. The van der Waals surface area contributed by atoms with E-state index in [-0.39, 0.29) is 24.2 Å². The lowest BCUT2D eigenvalue weighted by atomic mass is 10.0. The summed E-state index contributed by atoms with van der Waals surface area (Å²) < 4.78 is 0. The van der Waals surface area contributed by atoms with Gasteiger partial charge in [-0.3, -0.25) is 0 Å². The molecular weight excluding hydrogens is 255 g/mol. The van der Waals surface area contributed by atoms with Gasteiger partial charge in [0.25, 0.3) is 0 Å². The standard InChI is InChI=1S/C12H24P.BrH/c1-2-3-6-12-7-10-13(11-12)8-4-5-9-13;/h12H,2-11H2,1H3;1H. The first-order chi connectivity index (χ1) is 6.35. The van der Waals surface area contributed by atoms with Gasteiger partial charge in [0.05, 0.1) is 0 Å². The molecule has 2 heteroatoms. The van der Waals surface area contributed by atoms with Crippen LogP contribution in [0.15, 0.2) is 0 Å². The van der Waals surface area contributed by atoms with Gasteiger partial charge in [-0.1, -0.05) is 26.2 Å². The van der Waals surface area contributed by atoms with E-state index in [9.17, 15) is 0 Å². The Morgan fingerprint density at radius 2 is 1.86 bits per heavy atom. The molecule has 0 saturated carbocycles. The van der Waals surface area contributed by atoms with Crippen LogP contribution in [0.25, 0.3) is 0 Å². The van der Waals surface area contributed by atoms with Crippen LogP contribution in [0.3, 0.4) is 0 Å². The summed E-state index contributed by atoms with van der Waals surface area (Å²) in [6, 6.07) is 0. The van der Waals surface area contributed by atoms with E-state index in [2.05, 4.69) is 6.92 Å². The van der Waals surface area contributed by atoms with Crippen LogP contribution < -0.4 is 0 Å². The second kappa shape index (κ2) is 5.85. The molecule has 0 aromatic heterocycles. The number of hydrogen-bond donors (Lipinski definition) is 0. The van der Waals surface area contributed by atoms with Crippen molar-refractivity contribution in [3.63, 3.8) is 0 Å². The Morgan fingerprint density at radius 3 is 2.50 bits per heavy atom. The second-order valence-corrected chi connectivity index (χ2v) is 9.59. The molecular formula is C12H25BrP. The van der Waals surface area contributed by atoms with Crippen molar-refractivity contribution in [1.29, 1.82) is 0 Å². The zero-order valence-corrected chi connectivity index (χ0v) is 12.1. The van der Waals surface area contributed by atoms with Crippen molar-refractivity contribution in [1.82, 2.24) is 0 Å². The van der Waals surface area contributed by atoms with Gasteiger partial charge >= 0.3 is 0 Å². The van der Waals surface area contributed by atoms with Crippen molar-refractivity contribution in [3.05, 3.63) is 0 Å². The van der Waals surface area contributed by atoms with Crippen molar-refractivity contribution in [2.45, 2.75) is 45.4 Å². The Bertz CT molecular complexity index is 164. The molecule has 0 aliphatic carbocycles. The number of rotatable bonds is 3. The summed E-state index contributed by atoms with van der Waals surface area (Å²) in [7, 11) is -0.294. The molecule has 1 unspecified atom stereocenters. The minimum atomic E-state index is -0.294. The summed E-state index contributed by atoms with van der Waals surface area (Å²) in [5.74, 6) is 1.16. The SMILES string of the molecule is Br.CCCCC1CC[P]2(CCCC2)C1. The molecule has 1 radical (unpaired) electrons. The number of halogens is 1. The highest BCUT2D eigenvalue weighted by Gasteiger charge is 2.38. The summed E-state index contributed by atoms with van der Waals surface area (Å²) in [6.07, 6.45) is 15.9. The zero-order chi connectivity index (χ0) is 9.15. The third-order valence-corrected chi connectivity index (χ3v) is 9.17. The highest BCUT2D eigenvalue weighted by atomic mass is 79.9. The van der Waals surface area contributed by atoms with Gasteiger partial charge in [-0.2, -0.15) is 0 Å². The first-order valence-electron chi connectivity index (χ1n) is 6.20. The van der Waals surface area contributed by atoms with E-state index in [1.807, 2.05) is 0 Å². The Balaban J connectivity index is 0.000000980. The molecule has 0 bridgehead atoms. The van der Waals surface area contributed by atoms with Crippen molar-refractivity contribution in [3.8, 4) is 0 Å². The summed E-state index contributed by atoms with van der Waals surface area (Å²) in [5, 5.41) is 0. The van der Waals surface area contributed by atoms with Gasteiger partial charge in [0.2, 0.25) is 0 Å². The normalized spacial score (nSPS) is 29.4. The van der Waals surface area contributed by atoms with Crippen molar-refractivity contribution in [2.75, 3.05) is 24.6 Å². The quantitative estimate of drug-likeness (QED) is 0.663. The maximum absolute atomic E-state index is 2.33. The molecule has 2 aliphatic heterocycles. The van der Waals surface area contributed by atoms with E-state index in [1.165, 1.54) is 12.8 Å². The fourth-order valence-electron chi connectivity index (χ4n) is 3.33. The van der Waals surface area contributed by atoms with Gasteiger partial charge in [0, 0.05) is 0 Å². The van der Waals surface area contributed by atoms with E-state index in [4.69, 9.17) is 0 Å². The predicted octanol–water partition coefficient (Wildman–Crippen LogP) is 4.59. The molecule has 0 nitrogen and oxygen atoms in total. The summed E-state index contributed by atoms with van der Waals surface area (Å²) in [6.45, 7) is 2.33. The van der Waals surface area contributed by atoms with Gasteiger partial charge in [0.15, 0.2) is 0 Å². The van der Waals surface area contributed by atoms with Gasteiger partial charge < -0.3 is 0 Å². The van der Waals surface area contributed by atoms with E-state index in [1.54, 1.807) is 50.3 Å². The minimum absolute atomic E-state index is 0. The smallest absolute Gasteiger partial charge is 0.0331 e. The predicted molar refractivity (Wildman–Crippen MR) is 73.6 cm³/mol. The van der Waals surface area contributed by atoms with Gasteiger partial charge in [-0.05, 0) is 49.8 Å². The Labute approximate surface area is 100 Å². The topological polar surface area (TPSA) is 0 Å². The average molecular weight is 280 g/mol. The van der Waals surface area contributed by atoms with Crippen LogP contribution in [0, 0.1) is 5.92 Å². The molecule has 2 rings (SSSR count). The molecule has 14 heavy (non-hydrogen) atoms. The molecule has 1 atom stereocenters. The highest BCUT2D eigenvalue weighted by Crippen LogP contribution is 2.69. The first-order valence-corrected chi connectivity index (χ1v) is 8.73. The van der Waals surface area contributed by atoms with E-state index < -0.39 is 0 Å². The molecule has 0 amide bonds. The highest BCUT2D eigenvalue weighted by molar-refractivity contribution is 8.93. The third-order valence-electron chi connectivity index (χ3n) is 4.14. The fraction of sp³-hybridized carbons (Fsp3) is 1.00. The second-order valence-electron chi connectivity index (χ2n) is 5.20. The van der Waals surface area contributed by atoms with Crippen LogP contribution in [0.1, 0.15) is 45.4 Å². The molecule has 2 aliphatic rings. The Kier molecular flexibility index (Phi) is 5.42. The maximum Gasteiger partial charge on any atom is -0.0331 e. The lowest BCUT2D eigenvalue weighted by Crippen LogP contribution is -2.01. The van der Waals surface area contributed by atoms with Crippen LogP contribution >= 0.6 is 24.2 Å². The molecule has 85 valence electrons. The van der Waals surface area contributed by atoms with Crippen molar-refractivity contribution >= 4 is 24.2 Å². The Morgan fingerprint density at radius 1 is 1.14 bits per heavy atom. The largest absolute Gasteiger partial charge is 0.125 e. The van der Waals surface area contributed by atoms with Gasteiger partial charge in [-0.15, -0.1) is 24.2 Å². The van der Waals surface area contributed by atoms with Crippen molar-refractivity contribution < 1.29 is 0 Å². The average Bonchev–Trinajstić information content (AvgIpc) is 2.74. The molecule has 2 saturated heterocycles. The van der Waals surface area contributed by atoms with Crippen LogP contribution in [-0.4, -0.2) is 24.6 Å². The van der Waals surface area contributed by atoms with E-state index in [0.29, 0.717) is 0 Å². The number of hydrogen-bond acceptors (Lipinski definition) is 0. The van der Waals surface area contributed by atoms with Gasteiger partial charge in [0.1, 0.15) is 0 Å². The lowest BCUT2D eigenvalue weighted by molar-refractivity contribution is 0.517. The van der Waals surface area contributed by atoms with E-state index >= 15 is 0 Å². The molecule has 0 aromatic carbocycles. The molecule has 1 spiro atoms. The number of unbranched alkanes of at least 4 members (excludes halogenated alkanes) is 1. The summed E-state index contributed by atoms with van der Waals surface area (Å²) >= 11 is 0. The third kappa shape index (κ3) is 2.95. The molecule has 2 fully saturated rings. The van der Waals surface area contributed by atoms with Gasteiger partial charge in [-0.25, -0.2) is 0 Å². The first kappa shape index (κ1) is 13.0. The Hall–Kier alpha value is 0.910. The van der Waals surface area contributed by atoms with Crippen LogP contribution in [0.2, 0.25) is 0 Å². The maximum atomic E-state index is 2.33. The summed E-state index contributed by atoms with van der Waals surface area (Å²) in [4.78, 5) is 0. The monoisotopic (exact) mass is 279 g/mol. The molecule has 0 aromatic rings. The van der Waals surface area contributed by atoms with Crippen LogP contribution in [0.4, 0.5) is 0 Å².